The maximum atomic E-state index is 13.1. The second-order valence-electron chi connectivity index (χ2n) is 7.07. The molecule has 3 aromatic carbocycles. The van der Waals surface area contributed by atoms with Crippen LogP contribution in [0, 0.1) is 19.8 Å². The van der Waals surface area contributed by atoms with Crippen LogP contribution in [-0.2, 0) is 0 Å². The summed E-state index contributed by atoms with van der Waals surface area (Å²) in [6.07, 6.45) is 4.29. The number of ketones is 2. The van der Waals surface area contributed by atoms with Crippen molar-refractivity contribution in [3.8, 4) is 0 Å². The summed E-state index contributed by atoms with van der Waals surface area (Å²) in [5, 5.41) is 0. The zero-order valence-corrected chi connectivity index (χ0v) is 16.3. The van der Waals surface area contributed by atoms with Gasteiger partial charge in [0.15, 0.2) is 11.6 Å². The van der Waals surface area contributed by atoms with Gasteiger partial charge in [0.05, 0.1) is 5.92 Å². The Kier molecular flexibility index (Phi) is 6.33. The molecule has 2 heteroatoms. The van der Waals surface area contributed by atoms with Gasteiger partial charge in [0.1, 0.15) is 0 Å². The molecule has 0 aliphatic heterocycles. The van der Waals surface area contributed by atoms with E-state index >= 15 is 0 Å². The zero-order chi connectivity index (χ0) is 19.9. The predicted octanol–water partition coefficient (Wildman–Crippen LogP) is 6.09. The van der Waals surface area contributed by atoms with Gasteiger partial charge in [0.2, 0.25) is 0 Å². The van der Waals surface area contributed by atoms with Crippen LogP contribution in [0.1, 0.15) is 43.8 Å². The Morgan fingerprint density at radius 1 is 0.750 bits per heavy atom. The molecule has 0 bridgehead atoms. The number of aryl methyl sites for hydroxylation is 2. The SMILES string of the molecule is Cc1cc(C)cc(C=CCC(C(=O)c2ccccc2)C(=O)c2ccccc2)c1. The molecular formula is C26H24O2. The lowest BCUT2D eigenvalue weighted by atomic mass is 9.87. The van der Waals surface area contributed by atoms with Crippen LogP contribution in [0.15, 0.2) is 84.9 Å². The minimum Gasteiger partial charge on any atom is -0.293 e. The number of benzene rings is 3. The Hall–Kier alpha value is -3.26. The highest BCUT2D eigenvalue weighted by molar-refractivity contribution is 6.16. The van der Waals surface area contributed by atoms with Gasteiger partial charge < -0.3 is 0 Å². The van der Waals surface area contributed by atoms with E-state index in [0.717, 1.165) is 5.56 Å². The van der Waals surface area contributed by atoms with E-state index in [1.54, 1.807) is 24.3 Å². The Labute approximate surface area is 166 Å². The predicted molar refractivity (Wildman–Crippen MR) is 115 cm³/mol. The number of Topliss-reactive ketones (excluding diaryl/α,β-unsaturated/α-hetero) is 2. The molecule has 3 aromatic rings. The number of allylic oxidation sites excluding steroid dienone is 1. The Morgan fingerprint density at radius 2 is 1.21 bits per heavy atom. The first-order valence-corrected chi connectivity index (χ1v) is 9.48. The van der Waals surface area contributed by atoms with Crippen LogP contribution >= 0.6 is 0 Å². The maximum Gasteiger partial charge on any atom is 0.174 e. The number of hydrogen-bond acceptors (Lipinski definition) is 2. The summed E-state index contributed by atoms with van der Waals surface area (Å²) in [7, 11) is 0. The monoisotopic (exact) mass is 368 g/mol. The molecule has 0 radical (unpaired) electrons. The fourth-order valence-corrected chi connectivity index (χ4v) is 3.39. The quantitative estimate of drug-likeness (QED) is 0.374. The van der Waals surface area contributed by atoms with Gasteiger partial charge in [-0.05, 0) is 25.8 Å². The van der Waals surface area contributed by atoms with E-state index in [1.165, 1.54) is 11.1 Å². The largest absolute Gasteiger partial charge is 0.293 e. The van der Waals surface area contributed by atoms with Gasteiger partial charge in [-0.3, -0.25) is 9.59 Å². The van der Waals surface area contributed by atoms with E-state index < -0.39 is 5.92 Å². The molecule has 0 aliphatic rings. The normalized spacial score (nSPS) is 11.1. The lowest BCUT2D eigenvalue weighted by molar-refractivity contribution is 0.0809. The summed E-state index contributed by atoms with van der Waals surface area (Å²) in [6, 6.07) is 24.4. The van der Waals surface area contributed by atoms with E-state index in [9.17, 15) is 9.59 Å². The molecule has 0 N–H and O–H groups in total. The summed E-state index contributed by atoms with van der Waals surface area (Å²) >= 11 is 0. The highest BCUT2D eigenvalue weighted by Gasteiger charge is 2.27. The average molecular weight is 368 g/mol. The van der Waals surface area contributed by atoms with Gasteiger partial charge in [-0.15, -0.1) is 0 Å². The van der Waals surface area contributed by atoms with Crippen molar-refractivity contribution in [2.75, 3.05) is 0 Å². The van der Waals surface area contributed by atoms with Crippen molar-refractivity contribution >= 4 is 17.6 Å². The second kappa shape index (κ2) is 9.09. The van der Waals surface area contributed by atoms with Crippen molar-refractivity contribution in [3.05, 3.63) is 113 Å². The maximum absolute atomic E-state index is 13.1. The van der Waals surface area contributed by atoms with Crippen molar-refractivity contribution in [2.24, 2.45) is 5.92 Å². The number of rotatable bonds is 7. The number of hydrogen-bond donors (Lipinski definition) is 0. The third-order valence-corrected chi connectivity index (χ3v) is 4.68. The first kappa shape index (κ1) is 19.5. The molecule has 28 heavy (non-hydrogen) atoms. The van der Waals surface area contributed by atoms with Gasteiger partial charge in [0, 0.05) is 11.1 Å². The minimum atomic E-state index is -0.730. The molecular weight excluding hydrogens is 344 g/mol. The summed E-state index contributed by atoms with van der Waals surface area (Å²) in [6.45, 7) is 4.12. The zero-order valence-electron chi connectivity index (χ0n) is 16.3. The minimum absolute atomic E-state index is 0.139. The van der Waals surface area contributed by atoms with Crippen LogP contribution in [0.5, 0.6) is 0 Å². The average Bonchev–Trinajstić information content (AvgIpc) is 2.71. The van der Waals surface area contributed by atoms with Gasteiger partial charge >= 0.3 is 0 Å². The van der Waals surface area contributed by atoms with E-state index in [4.69, 9.17) is 0 Å². The molecule has 0 atom stereocenters. The van der Waals surface area contributed by atoms with Crippen molar-refractivity contribution < 1.29 is 9.59 Å². The number of carbonyl (C=O) groups is 2. The van der Waals surface area contributed by atoms with Crippen LogP contribution in [0.2, 0.25) is 0 Å². The summed E-state index contributed by atoms with van der Waals surface area (Å²) in [5.74, 6) is -1.01. The molecule has 0 unspecified atom stereocenters. The third kappa shape index (κ3) is 4.92. The van der Waals surface area contributed by atoms with E-state index in [0.29, 0.717) is 17.5 Å². The molecule has 3 rings (SSSR count). The molecule has 0 aliphatic carbocycles. The Morgan fingerprint density at radius 3 is 1.68 bits per heavy atom. The standard InChI is InChI=1S/C26H24O2/c1-19-16-20(2)18-21(17-19)10-9-15-24(25(27)22-11-5-3-6-12-22)26(28)23-13-7-4-8-14-23/h3-14,16-18,24H,15H2,1-2H3. The van der Waals surface area contributed by atoms with Crippen molar-refractivity contribution in [2.45, 2.75) is 20.3 Å². The molecule has 0 saturated heterocycles. The fourth-order valence-electron chi connectivity index (χ4n) is 3.39. The summed E-state index contributed by atoms with van der Waals surface area (Å²) in [4.78, 5) is 26.1. The molecule has 0 heterocycles. The van der Waals surface area contributed by atoms with Gasteiger partial charge in [-0.2, -0.15) is 0 Å². The van der Waals surface area contributed by atoms with E-state index in [1.807, 2.05) is 48.6 Å². The Bertz CT molecular complexity index is 914. The second-order valence-corrected chi connectivity index (χ2v) is 7.07. The van der Waals surface area contributed by atoms with Crippen molar-refractivity contribution in [1.82, 2.24) is 0 Å². The van der Waals surface area contributed by atoms with E-state index in [2.05, 4.69) is 32.0 Å². The lowest BCUT2D eigenvalue weighted by Gasteiger charge is -2.13. The smallest absolute Gasteiger partial charge is 0.174 e. The molecule has 0 aromatic heterocycles. The molecule has 140 valence electrons. The highest BCUT2D eigenvalue weighted by atomic mass is 16.1. The third-order valence-electron chi connectivity index (χ3n) is 4.68. The van der Waals surface area contributed by atoms with Crippen molar-refractivity contribution in [1.29, 1.82) is 0 Å². The van der Waals surface area contributed by atoms with Crippen LogP contribution in [0.25, 0.3) is 6.08 Å². The van der Waals surface area contributed by atoms with Crippen LogP contribution in [0.4, 0.5) is 0 Å². The van der Waals surface area contributed by atoms with Crippen LogP contribution < -0.4 is 0 Å². The summed E-state index contributed by atoms with van der Waals surface area (Å²) < 4.78 is 0. The topological polar surface area (TPSA) is 34.1 Å². The molecule has 2 nitrogen and oxygen atoms in total. The molecule has 0 amide bonds. The fraction of sp³-hybridized carbons (Fsp3) is 0.154. The number of carbonyl (C=O) groups excluding carboxylic acids is 2. The van der Waals surface area contributed by atoms with Gasteiger partial charge in [-0.25, -0.2) is 0 Å². The van der Waals surface area contributed by atoms with Crippen LogP contribution in [-0.4, -0.2) is 11.6 Å². The summed E-state index contributed by atoms with van der Waals surface area (Å²) in [5.41, 5.74) is 4.59. The van der Waals surface area contributed by atoms with Crippen molar-refractivity contribution in [3.63, 3.8) is 0 Å². The molecule has 0 fully saturated rings. The highest BCUT2D eigenvalue weighted by Crippen LogP contribution is 2.20. The van der Waals surface area contributed by atoms with Crippen LogP contribution in [0.3, 0.4) is 0 Å². The molecule has 0 spiro atoms. The Balaban J connectivity index is 1.86. The first-order valence-electron chi connectivity index (χ1n) is 9.48. The van der Waals surface area contributed by atoms with Gasteiger partial charge in [-0.1, -0.05) is 102 Å². The lowest BCUT2D eigenvalue weighted by Crippen LogP contribution is -2.24. The molecule has 0 saturated carbocycles. The van der Waals surface area contributed by atoms with E-state index in [-0.39, 0.29) is 11.6 Å². The first-order chi connectivity index (χ1) is 13.5. The van der Waals surface area contributed by atoms with Gasteiger partial charge in [0.25, 0.3) is 0 Å².